The van der Waals surface area contributed by atoms with Gasteiger partial charge in [-0.25, -0.2) is 0 Å². The van der Waals surface area contributed by atoms with Crippen molar-refractivity contribution in [1.29, 1.82) is 5.26 Å². The Morgan fingerprint density at radius 3 is 2.58 bits per heavy atom. The first-order valence-corrected chi connectivity index (χ1v) is 6.46. The maximum atomic E-state index is 9.11. The molecular formula is C17H16N2. The normalized spacial score (nSPS) is 9.79. The molecule has 0 aliphatic heterocycles. The minimum Gasteiger partial charge on any atom is -0.385 e. The predicted molar refractivity (Wildman–Crippen MR) is 79.8 cm³/mol. The van der Waals surface area contributed by atoms with E-state index >= 15 is 0 Å². The summed E-state index contributed by atoms with van der Waals surface area (Å²) in [7, 11) is 0. The molecule has 0 aliphatic rings. The van der Waals surface area contributed by atoms with Gasteiger partial charge >= 0.3 is 0 Å². The van der Waals surface area contributed by atoms with Gasteiger partial charge in [-0.2, -0.15) is 5.26 Å². The van der Waals surface area contributed by atoms with Crippen molar-refractivity contribution in [3.63, 3.8) is 0 Å². The largest absolute Gasteiger partial charge is 0.385 e. The lowest BCUT2D eigenvalue weighted by Gasteiger charge is -2.10. The Kier molecular flexibility index (Phi) is 4.43. The fraction of sp³-hybridized carbons (Fsp3) is 0.235. The van der Waals surface area contributed by atoms with Crippen molar-refractivity contribution in [2.45, 2.75) is 19.3 Å². The summed E-state index contributed by atoms with van der Waals surface area (Å²) in [4.78, 5) is 0. The fourth-order valence-corrected chi connectivity index (χ4v) is 2.13. The minimum absolute atomic E-state index is 0.716. The molecule has 0 unspecified atom stereocenters. The molecule has 2 rings (SSSR count). The lowest BCUT2D eigenvalue weighted by molar-refractivity contribution is 0.790. The molecule has 0 saturated heterocycles. The summed E-state index contributed by atoms with van der Waals surface area (Å²) in [5.74, 6) is 2.65. The van der Waals surface area contributed by atoms with Gasteiger partial charge in [-0.15, -0.1) is 12.3 Å². The summed E-state index contributed by atoms with van der Waals surface area (Å²) in [6.07, 6.45) is 8.15. The maximum absolute atomic E-state index is 9.11. The molecule has 2 heteroatoms. The second kappa shape index (κ2) is 6.47. The zero-order valence-corrected chi connectivity index (χ0v) is 10.8. The Bertz CT molecular complexity index is 644. The van der Waals surface area contributed by atoms with Crippen LogP contribution in [0.5, 0.6) is 0 Å². The van der Waals surface area contributed by atoms with Crippen molar-refractivity contribution in [3.05, 3.63) is 42.0 Å². The number of nitrogens with zero attached hydrogens (tertiary/aromatic N) is 1. The first-order valence-electron chi connectivity index (χ1n) is 6.46. The number of nitrogens with one attached hydrogen (secondary N) is 1. The number of anilines is 1. The number of rotatable bonds is 5. The van der Waals surface area contributed by atoms with E-state index in [0.29, 0.717) is 5.56 Å². The molecule has 0 spiro atoms. The molecule has 94 valence electrons. The highest BCUT2D eigenvalue weighted by Gasteiger charge is 2.04. The van der Waals surface area contributed by atoms with Gasteiger partial charge in [0.05, 0.1) is 11.6 Å². The van der Waals surface area contributed by atoms with Crippen molar-refractivity contribution in [2.75, 3.05) is 11.9 Å². The number of nitriles is 1. The predicted octanol–water partition coefficient (Wildman–Crippen LogP) is 3.93. The number of fused-ring (bicyclic) bond motifs is 1. The smallest absolute Gasteiger partial charge is 0.0998 e. The second-order valence-corrected chi connectivity index (χ2v) is 4.41. The van der Waals surface area contributed by atoms with E-state index in [1.807, 2.05) is 36.4 Å². The quantitative estimate of drug-likeness (QED) is 0.643. The van der Waals surface area contributed by atoms with Crippen LogP contribution in [0.4, 0.5) is 5.69 Å². The minimum atomic E-state index is 0.716. The zero-order chi connectivity index (χ0) is 13.5. The second-order valence-electron chi connectivity index (χ2n) is 4.41. The Morgan fingerprint density at radius 1 is 1.05 bits per heavy atom. The van der Waals surface area contributed by atoms with E-state index in [1.54, 1.807) is 0 Å². The van der Waals surface area contributed by atoms with Gasteiger partial charge in [0, 0.05) is 29.4 Å². The van der Waals surface area contributed by atoms with Gasteiger partial charge in [0.1, 0.15) is 0 Å². The monoisotopic (exact) mass is 248 g/mol. The topological polar surface area (TPSA) is 35.8 Å². The van der Waals surface area contributed by atoms with Crippen molar-refractivity contribution in [2.24, 2.45) is 0 Å². The van der Waals surface area contributed by atoms with Crippen LogP contribution in [0.3, 0.4) is 0 Å². The van der Waals surface area contributed by atoms with E-state index < -0.39 is 0 Å². The van der Waals surface area contributed by atoms with Gasteiger partial charge in [0.25, 0.3) is 0 Å². The standard InChI is InChI=1S/C17H16N2/c1-2-3-4-7-12-19-17-11-10-14(13-18)15-8-5-6-9-16(15)17/h1,5-6,8-11,19H,3-4,7,12H2. The molecule has 0 saturated carbocycles. The van der Waals surface area contributed by atoms with E-state index in [1.165, 1.54) is 0 Å². The molecule has 19 heavy (non-hydrogen) atoms. The molecule has 0 aromatic heterocycles. The van der Waals surface area contributed by atoms with Crippen LogP contribution in [0.2, 0.25) is 0 Å². The van der Waals surface area contributed by atoms with Crippen molar-refractivity contribution in [1.82, 2.24) is 0 Å². The molecule has 0 fully saturated rings. The average molecular weight is 248 g/mol. The molecule has 2 aromatic rings. The van der Waals surface area contributed by atoms with Crippen molar-refractivity contribution in [3.8, 4) is 18.4 Å². The van der Waals surface area contributed by atoms with Crippen LogP contribution in [0.15, 0.2) is 36.4 Å². The van der Waals surface area contributed by atoms with E-state index in [4.69, 9.17) is 11.7 Å². The van der Waals surface area contributed by atoms with E-state index in [0.717, 1.165) is 42.3 Å². The summed E-state index contributed by atoms with van der Waals surface area (Å²) in [6, 6.07) is 14.0. The third-order valence-electron chi connectivity index (χ3n) is 3.11. The van der Waals surface area contributed by atoms with Crippen LogP contribution >= 0.6 is 0 Å². The van der Waals surface area contributed by atoms with Crippen LogP contribution < -0.4 is 5.32 Å². The molecule has 0 aliphatic carbocycles. The summed E-state index contributed by atoms with van der Waals surface area (Å²) in [6.45, 7) is 0.900. The molecule has 0 heterocycles. The number of hydrogen-bond acceptors (Lipinski definition) is 2. The summed E-state index contributed by atoms with van der Waals surface area (Å²) in [5, 5.41) is 14.6. The highest BCUT2D eigenvalue weighted by atomic mass is 14.9. The number of unbranched alkanes of at least 4 members (excludes halogenated alkanes) is 2. The molecule has 2 aromatic carbocycles. The number of hydrogen-bond donors (Lipinski definition) is 1. The molecule has 2 nitrogen and oxygen atoms in total. The highest BCUT2D eigenvalue weighted by Crippen LogP contribution is 2.26. The van der Waals surface area contributed by atoms with E-state index in [9.17, 15) is 0 Å². The van der Waals surface area contributed by atoms with Gasteiger partial charge in [0.15, 0.2) is 0 Å². The van der Waals surface area contributed by atoms with Gasteiger partial charge in [-0.05, 0) is 25.0 Å². The van der Waals surface area contributed by atoms with Gasteiger partial charge in [-0.3, -0.25) is 0 Å². The first-order chi connectivity index (χ1) is 9.36. The third-order valence-corrected chi connectivity index (χ3v) is 3.11. The number of terminal acetylenes is 1. The SMILES string of the molecule is C#CCCCCNc1ccc(C#N)c2ccccc12. The summed E-state index contributed by atoms with van der Waals surface area (Å²) >= 11 is 0. The van der Waals surface area contributed by atoms with Crippen molar-refractivity contribution >= 4 is 16.5 Å². The zero-order valence-electron chi connectivity index (χ0n) is 10.8. The van der Waals surface area contributed by atoms with Gasteiger partial charge in [0.2, 0.25) is 0 Å². The Balaban J connectivity index is 2.16. The fourth-order valence-electron chi connectivity index (χ4n) is 2.13. The molecule has 1 N–H and O–H groups in total. The summed E-state index contributed by atoms with van der Waals surface area (Å²) in [5.41, 5.74) is 1.80. The Labute approximate surface area is 114 Å². The van der Waals surface area contributed by atoms with Crippen LogP contribution in [0, 0.1) is 23.7 Å². The number of benzene rings is 2. The van der Waals surface area contributed by atoms with E-state index in [2.05, 4.69) is 17.3 Å². The summed E-state index contributed by atoms with van der Waals surface area (Å²) < 4.78 is 0. The Morgan fingerprint density at radius 2 is 1.84 bits per heavy atom. The first kappa shape index (κ1) is 13.0. The molecule has 0 atom stereocenters. The molecular weight excluding hydrogens is 232 g/mol. The van der Waals surface area contributed by atoms with Crippen LogP contribution in [-0.4, -0.2) is 6.54 Å². The lowest BCUT2D eigenvalue weighted by atomic mass is 10.0. The molecule has 0 radical (unpaired) electrons. The lowest BCUT2D eigenvalue weighted by Crippen LogP contribution is -2.02. The Hall–Kier alpha value is -2.45. The maximum Gasteiger partial charge on any atom is 0.0998 e. The van der Waals surface area contributed by atoms with Gasteiger partial charge < -0.3 is 5.32 Å². The molecule has 0 amide bonds. The van der Waals surface area contributed by atoms with Crippen LogP contribution in [-0.2, 0) is 0 Å². The van der Waals surface area contributed by atoms with Crippen LogP contribution in [0.1, 0.15) is 24.8 Å². The van der Waals surface area contributed by atoms with Crippen molar-refractivity contribution < 1.29 is 0 Å². The van der Waals surface area contributed by atoms with E-state index in [-0.39, 0.29) is 0 Å². The van der Waals surface area contributed by atoms with Gasteiger partial charge in [-0.1, -0.05) is 24.3 Å². The van der Waals surface area contributed by atoms with Crippen LogP contribution in [0.25, 0.3) is 10.8 Å². The average Bonchev–Trinajstić information content (AvgIpc) is 2.47. The third kappa shape index (κ3) is 3.06. The molecule has 0 bridgehead atoms. The highest BCUT2D eigenvalue weighted by molar-refractivity contribution is 5.97.